The Morgan fingerprint density at radius 2 is 0.491 bits per heavy atom. The lowest BCUT2D eigenvalue weighted by Crippen LogP contribution is -2.30. The lowest BCUT2D eigenvalue weighted by molar-refractivity contribution is -0.161. The molecule has 0 fully saturated rings. The third kappa shape index (κ3) is 76.6. The van der Waals surface area contributed by atoms with Crippen LogP contribution in [0.4, 0.5) is 0 Å². The molecule has 0 spiro atoms. The first-order chi connectivity index (χ1) is 51.7. The van der Waals surface area contributed by atoms with Crippen LogP contribution in [0.1, 0.15) is 297 Å². The highest BCUT2D eigenvalue weighted by Crippen LogP contribution is 2.45. The summed E-state index contributed by atoms with van der Waals surface area (Å²) in [4.78, 5) is 73.1. The van der Waals surface area contributed by atoms with Crippen LogP contribution in [0.5, 0.6) is 0 Å². The topological polar surface area (TPSA) is 237 Å². The minimum atomic E-state index is -5.00. The second-order valence-corrected chi connectivity index (χ2v) is 29.1. The van der Waals surface area contributed by atoms with Gasteiger partial charge in [-0.05, 0) is 167 Å². The summed E-state index contributed by atoms with van der Waals surface area (Å²) in [6, 6.07) is 0. The standard InChI is InChI=1S/C87H142O17P2/c1-5-9-13-17-21-25-29-33-36-38-40-42-45-48-51-55-59-63-67-71-84(89)97-77-82(103-86(91)73-69-65-61-57-53-47-32-28-24-20-16-12-8-4)79-101-105(93,94)99-75-81(88)76-100-106(95,96)102-80-83(104-87(92)74-70-66-62-58-54-50-44-35-31-27-23-19-15-11-7-3)78-98-85(90)72-68-64-60-56-52-49-46-43-41-39-37-34-30-26-22-18-14-10-6-2/h9-11,13-16,20-23,25-28,32-37,40-44,54,58,81-83,88H,5-8,12,17-19,24,29-31,38-39,45-53,55-57,59-80H2,1-4H3,(H,93,94)(H,95,96)/b13-9-,14-10-,15-11-,20-16-,25-21-,26-22-,27-23-,32-28-,36-33-,37-34-,42-40-,43-41-,44-35-,58-54-. The molecular formula is C87H142O17P2. The van der Waals surface area contributed by atoms with E-state index in [1.807, 2.05) is 0 Å². The quantitative estimate of drug-likeness (QED) is 0.0169. The molecule has 0 aromatic heterocycles. The molecule has 0 saturated carbocycles. The zero-order valence-electron chi connectivity index (χ0n) is 65.8. The summed E-state index contributed by atoms with van der Waals surface area (Å²) in [5, 5.41) is 10.6. The number of carbonyl (C=O) groups excluding carboxylic acids is 4. The zero-order chi connectivity index (χ0) is 77.4. The van der Waals surface area contributed by atoms with Crippen molar-refractivity contribution < 1.29 is 80.2 Å². The Labute approximate surface area is 642 Å². The van der Waals surface area contributed by atoms with Gasteiger partial charge in [-0.1, -0.05) is 275 Å². The molecule has 17 nitrogen and oxygen atoms in total. The van der Waals surface area contributed by atoms with E-state index in [9.17, 15) is 43.2 Å². The normalized spacial score (nSPS) is 14.7. The van der Waals surface area contributed by atoms with Crippen molar-refractivity contribution in [1.29, 1.82) is 0 Å². The third-order valence-corrected chi connectivity index (χ3v) is 18.0. The van der Waals surface area contributed by atoms with E-state index in [1.165, 1.54) is 0 Å². The Balaban J connectivity index is 5.41. The van der Waals surface area contributed by atoms with Gasteiger partial charge in [-0.3, -0.25) is 37.3 Å². The summed E-state index contributed by atoms with van der Waals surface area (Å²) < 4.78 is 68.6. The van der Waals surface area contributed by atoms with Gasteiger partial charge in [-0.25, -0.2) is 9.13 Å². The number of rotatable bonds is 74. The Kier molecular flexibility index (Phi) is 73.5. The largest absolute Gasteiger partial charge is 0.472 e. The van der Waals surface area contributed by atoms with Crippen molar-refractivity contribution in [2.24, 2.45) is 0 Å². The molecular weight excluding hydrogens is 1380 g/mol. The number of carbonyl (C=O) groups is 4. The monoisotopic (exact) mass is 1520 g/mol. The van der Waals surface area contributed by atoms with Gasteiger partial charge in [0.25, 0.3) is 0 Å². The molecule has 3 N–H and O–H groups in total. The number of hydrogen-bond donors (Lipinski definition) is 3. The van der Waals surface area contributed by atoms with E-state index in [0.29, 0.717) is 32.1 Å². The van der Waals surface area contributed by atoms with Gasteiger partial charge in [0.2, 0.25) is 0 Å². The number of phosphoric acid groups is 2. The smallest absolute Gasteiger partial charge is 0.462 e. The molecule has 0 aliphatic carbocycles. The minimum Gasteiger partial charge on any atom is -0.462 e. The summed E-state index contributed by atoms with van der Waals surface area (Å²) in [6.45, 7) is 4.36. The van der Waals surface area contributed by atoms with Crippen LogP contribution in [0, 0.1) is 0 Å². The Bertz CT molecular complexity index is 2680. The molecule has 0 amide bonds. The van der Waals surface area contributed by atoms with Gasteiger partial charge in [-0.15, -0.1) is 0 Å². The number of allylic oxidation sites excluding steroid dienone is 28. The maximum Gasteiger partial charge on any atom is 0.472 e. The number of phosphoric ester groups is 2. The lowest BCUT2D eigenvalue weighted by atomic mass is 10.1. The van der Waals surface area contributed by atoms with Gasteiger partial charge in [0.15, 0.2) is 12.2 Å². The molecule has 0 heterocycles. The van der Waals surface area contributed by atoms with Crippen molar-refractivity contribution in [2.45, 2.75) is 316 Å². The van der Waals surface area contributed by atoms with Crippen molar-refractivity contribution >= 4 is 39.5 Å². The highest BCUT2D eigenvalue weighted by molar-refractivity contribution is 7.47. The van der Waals surface area contributed by atoms with Crippen LogP contribution in [0.25, 0.3) is 0 Å². The van der Waals surface area contributed by atoms with Gasteiger partial charge in [-0.2, -0.15) is 0 Å². The van der Waals surface area contributed by atoms with E-state index in [2.05, 4.69) is 198 Å². The molecule has 0 saturated heterocycles. The fraction of sp³-hybridized carbons (Fsp3) is 0.632. The number of ether oxygens (including phenoxy) is 4. The average Bonchev–Trinajstić information content (AvgIpc) is 0.933. The molecule has 5 unspecified atom stereocenters. The molecule has 106 heavy (non-hydrogen) atoms. The fourth-order valence-corrected chi connectivity index (χ4v) is 11.7. The van der Waals surface area contributed by atoms with Crippen LogP contribution >= 0.6 is 15.6 Å². The molecule has 19 heteroatoms. The van der Waals surface area contributed by atoms with E-state index < -0.39 is 97.5 Å². The number of aliphatic hydroxyl groups is 1. The van der Waals surface area contributed by atoms with Crippen LogP contribution in [-0.4, -0.2) is 96.7 Å². The van der Waals surface area contributed by atoms with Crippen LogP contribution in [0.3, 0.4) is 0 Å². The summed E-state index contributed by atoms with van der Waals surface area (Å²) in [5.74, 6) is -2.28. The van der Waals surface area contributed by atoms with Crippen molar-refractivity contribution in [1.82, 2.24) is 0 Å². The molecule has 5 atom stereocenters. The van der Waals surface area contributed by atoms with Crippen LogP contribution in [0.2, 0.25) is 0 Å². The van der Waals surface area contributed by atoms with E-state index in [-0.39, 0.29) is 25.7 Å². The van der Waals surface area contributed by atoms with E-state index in [1.54, 1.807) is 0 Å². The first-order valence-corrected chi connectivity index (χ1v) is 43.4. The van der Waals surface area contributed by atoms with Gasteiger partial charge in [0.05, 0.1) is 26.4 Å². The highest BCUT2D eigenvalue weighted by Gasteiger charge is 2.30. The van der Waals surface area contributed by atoms with E-state index in [4.69, 9.17) is 37.0 Å². The maximum atomic E-state index is 13.1. The zero-order valence-corrected chi connectivity index (χ0v) is 67.6. The molecule has 0 aliphatic heterocycles. The van der Waals surface area contributed by atoms with Gasteiger partial charge in [0, 0.05) is 25.7 Å². The lowest BCUT2D eigenvalue weighted by Gasteiger charge is -2.21. The molecule has 0 aliphatic rings. The number of unbranched alkanes of at least 4 members (excludes halogenated alkanes) is 20. The van der Waals surface area contributed by atoms with Crippen LogP contribution < -0.4 is 0 Å². The SMILES string of the molecule is CC/C=C\C/C=C\C/C=C\C/C=C\CCCCCCCCC(=O)OCC(COP(=O)(O)OCC(O)COP(=O)(O)OCC(COC(=O)CCCCCCCC/C=C\C/C=C\C/C=C\C/C=C\CC)OC(=O)CCCCCCC/C=C\C/C=C\CCC)OC(=O)CCCC/C=C\C/C=C\C/C=C\C/C=C\CC. The summed E-state index contributed by atoms with van der Waals surface area (Å²) in [5.41, 5.74) is 0. The Morgan fingerprint density at radius 1 is 0.274 bits per heavy atom. The fourth-order valence-electron chi connectivity index (χ4n) is 10.1. The molecule has 0 radical (unpaired) electrons. The average molecular weight is 1520 g/mol. The van der Waals surface area contributed by atoms with Crippen LogP contribution in [0.15, 0.2) is 170 Å². The van der Waals surface area contributed by atoms with Crippen molar-refractivity contribution in [3.05, 3.63) is 170 Å². The number of esters is 4. The first kappa shape index (κ1) is 100. The third-order valence-electron chi connectivity index (χ3n) is 16.1. The highest BCUT2D eigenvalue weighted by atomic mass is 31.2. The number of hydrogen-bond acceptors (Lipinski definition) is 15. The van der Waals surface area contributed by atoms with Crippen molar-refractivity contribution in [3.63, 3.8) is 0 Å². The minimum absolute atomic E-state index is 0.0331. The van der Waals surface area contributed by atoms with Gasteiger partial charge < -0.3 is 33.8 Å². The van der Waals surface area contributed by atoms with Gasteiger partial charge >= 0.3 is 39.5 Å². The Morgan fingerprint density at radius 3 is 0.774 bits per heavy atom. The number of aliphatic hydroxyl groups excluding tert-OH is 1. The molecule has 0 aromatic rings. The van der Waals surface area contributed by atoms with Gasteiger partial charge in [0.1, 0.15) is 19.3 Å². The second-order valence-electron chi connectivity index (χ2n) is 26.2. The van der Waals surface area contributed by atoms with Crippen molar-refractivity contribution in [3.8, 4) is 0 Å². The van der Waals surface area contributed by atoms with Crippen LogP contribution in [-0.2, 0) is 65.4 Å². The first-order valence-electron chi connectivity index (χ1n) is 40.4. The molecule has 0 rings (SSSR count). The molecule has 0 aromatic carbocycles. The second kappa shape index (κ2) is 77.6. The Hall–Kier alpha value is -5.58. The van der Waals surface area contributed by atoms with Crippen molar-refractivity contribution in [2.75, 3.05) is 39.6 Å². The summed E-state index contributed by atoms with van der Waals surface area (Å²) in [6.07, 6.45) is 91.9. The van der Waals surface area contributed by atoms with E-state index in [0.717, 1.165) is 212 Å². The maximum absolute atomic E-state index is 13.1. The summed E-state index contributed by atoms with van der Waals surface area (Å²) >= 11 is 0. The van der Waals surface area contributed by atoms with E-state index >= 15 is 0 Å². The molecule has 602 valence electrons. The predicted molar refractivity (Wildman–Crippen MR) is 436 cm³/mol. The molecule has 0 bridgehead atoms. The summed E-state index contributed by atoms with van der Waals surface area (Å²) in [7, 11) is -10.00. The predicted octanol–water partition coefficient (Wildman–Crippen LogP) is 23.8.